The Morgan fingerprint density at radius 3 is 2.83 bits per heavy atom. The Hall–Kier alpha value is -1.83. The van der Waals surface area contributed by atoms with Crippen LogP contribution >= 0.6 is 0 Å². The zero-order valence-corrected chi connectivity index (χ0v) is 13.9. The molecule has 1 N–H and O–H groups in total. The summed E-state index contributed by atoms with van der Waals surface area (Å²) in [4.78, 5) is 13.5. The van der Waals surface area contributed by atoms with Gasteiger partial charge in [0.2, 0.25) is 11.7 Å². The van der Waals surface area contributed by atoms with Crippen LogP contribution in [-0.2, 0) is 0 Å². The van der Waals surface area contributed by atoms with Gasteiger partial charge in [0.25, 0.3) is 0 Å². The van der Waals surface area contributed by atoms with Crippen molar-refractivity contribution in [2.75, 3.05) is 26.7 Å². The van der Waals surface area contributed by atoms with Gasteiger partial charge in [-0.1, -0.05) is 11.2 Å². The summed E-state index contributed by atoms with van der Waals surface area (Å²) in [6.45, 7) is 2.86. The summed E-state index contributed by atoms with van der Waals surface area (Å²) in [7, 11) is 2.16. The van der Waals surface area contributed by atoms with Crippen LogP contribution in [0.15, 0.2) is 28.9 Å². The van der Waals surface area contributed by atoms with Crippen molar-refractivity contribution in [3.63, 3.8) is 0 Å². The average molecular weight is 329 g/mol. The van der Waals surface area contributed by atoms with E-state index in [1.54, 1.807) is 6.20 Å². The number of hydrogen-bond acceptors (Lipinski definition) is 7. The smallest absolute Gasteiger partial charge is 0.244 e. The molecule has 0 bridgehead atoms. The minimum absolute atomic E-state index is 0.00151. The molecule has 24 heavy (non-hydrogen) atoms. The van der Waals surface area contributed by atoms with Gasteiger partial charge in [-0.25, -0.2) is 0 Å². The van der Waals surface area contributed by atoms with E-state index in [2.05, 4.69) is 32.0 Å². The van der Waals surface area contributed by atoms with E-state index < -0.39 is 0 Å². The lowest BCUT2D eigenvalue weighted by Gasteiger charge is -2.37. The highest BCUT2D eigenvalue weighted by molar-refractivity contribution is 5.47. The van der Waals surface area contributed by atoms with Crippen LogP contribution in [0.3, 0.4) is 0 Å². The quantitative estimate of drug-likeness (QED) is 0.910. The second-order valence-electron chi connectivity index (χ2n) is 6.81. The maximum absolute atomic E-state index is 10.2. The number of piperidine rings is 1. The zero-order chi connectivity index (χ0) is 16.5. The van der Waals surface area contributed by atoms with Gasteiger partial charge in [0.15, 0.2) is 0 Å². The molecule has 128 valence electrons. The van der Waals surface area contributed by atoms with Gasteiger partial charge in [0, 0.05) is 18.8 Å². The number of aromatic nitrogens is 3. The van der Waals surface area contributed by atoms with E-state index >= 15 is 0 Å². The third-order valence-electron chi connectivity index (χ3n) is 5.10. The molecule has 2 aromatic rings. The fraction of sp³-hybridized carbons (Fsp3) is 0.588. The Kier molecular flexibility index (Phi) is 4.30. The molecule has 2 aliphatic rings. The van der Waals surface area contributed by atoms with Crippen LogP contribution in [-0.4, -0.2) is 68.9 Å². The molecule has 2 unspecified atom stereocenters. The SMILES string of the molecule is CN1CCC(N2CC(O)CC2c2nc(-c3ccccn3)no2)CC1. The summed E-state index contributed by atoms with van der Waals surface area (Å²) >= 11 is 0. The van der Waals surface area contributed by atoms with Crippen molar-refractivity contribution in [3.05, 3.63) is 30.3 Å². The normalized spacial score (nSPS) is 26.9. The Balaban J connectivity index is 1.54. The van der Waals surface area contributed by atoms with E-state index in [1.807, 2.05) is 18.2 Å². The molecule has 4 rings (SSSR count). The maximum atomic E-state index is 10.2. The molecule has 0 radical (unpaired) electrons. The first-order valence-electron chi connectivity index (χ1n) is 8.58. The highest BCUT2D eigenvalue weighted by Gasteiger charge is 2.40. The summed E-state index contributed by atoms with van der Waals surface area (Å²) in [6, 6.07) is 6.10. The summed E-state index contributed by atoms with van der Waals surface area (Å²) in [5, 5.41) is 14.3. The fourth-order valence-corrected chi connectivity index (χ4v) is 3.78. The summed E-state index contributed by atoms with van der Waals surface area (Å²) in [6.07, 6.45) is 4.26. The Morgan fingerprint density at radius 1 is 1.25 bits per heavy atom. The van der Waals surface area contributed by atoms with Crippen LogP contribution in [0.5, 0.6) is 0 Å². The first-order valence-corrected chi connectivity index (χ1v) is 8.58. The van der Waals surface area contributed by atoms with Crippen LogP contribution in [0.4, 0.5) is 0 Å². The Labute approximate surface area is 141 Å². The van der Waals surface area contributed by atoms with Crippen LogP contribution in [0.25, 0.3) is 11.5 Å². The van der Waals surface area contributed by atoms with Gasteiger partial charge in [0.05, 0.1) is 12.1 Å². The number of β-amino-alcohol motifs (C(OH)–C–C–N with tert-alkyl or cyclic N) is 1. The van der Waals surface area contributed by atoms with E-state index in [9.17, 15) is 5.11 Å². The predicted octanol–water partition coefficient (Wildman–Crippen LogP) is 1.33. The fourth-order valence-electron chi connectivity index (χ4n) is 3.78. The van der Waals surface area contributed by atoms with Crippen LogP contribution in [0, 0.1) is 0 Å². The summed E-state index contributed by atoms with van der Waals surface area (Å²) < 4.78 is 5.53. The van der Waals surface area contributed by atoms with Crippen LogP contribution < -0.4 is 0 Å². The number of aliphatic hydroxyl groups is 1. The van der Waals surface area contributed by atoms with Gasteiger partial charge in [-0.3, -0.25) is 9.88 Å². The van der Waals surface area contributed by atoms with Gasteiger partial charge in [-0.05, 0) is 51.5 Å². The van der Waals surface area contributed by atoms with Gasteiger partial charge >= 0.3 is 0 Å². The number of aliphatic hydroxyl groups excluding tert-OH is 1. The van der Waals surface area contributed by atoms with E-state index in [1.165, 1.54) is 0 Å². The van der Waals surface area contributed by atoms with Gasteiger partial charge in [-0.2, -0.15) is 4.98 Å². The first kappa shape index (κ1) is 15.7. The van der Waals surface area contributed by atoms with Crippen molar-refractivity contribution in [2.24, 2.45) is 0 Å². The van der Waals surface area contributed by atoms with Crippen molar-refractivity contribution in [1.29, 1.82) is 0 Å². The van der Waals surface area contributed by atoms with Crippen molar-refractivity contribution in [1.82, 2.24) is 24.9 Å². The highest BCUT2D eigenvalue weighted by Crippen LogP contribution is 2.36. The van der Waals surface area contributed by atoms with E-state index in [-0.39, 0.29) is 12.1 Å². The van der Waals surface area contributed by atoms with Crippen molar-refractivity contribution < 1.29 is 9.63 Å². The van der Waals surface area contributed by atoms with E-state index in [0.29, 0.717) is 36.4 Å². The number of pyridine rings is 1. The minimum atomic E-state index is -0.333. The molecular formula is C17H23N5O2. The molecule has 0 aliphatic carbocycles. The molecule has 2 aromatic heterocycles. The van der Waals surface area contributed by atoms with Gasteiger partial charge in [0.1, 0.15) is 5.69 Å². The second-order valence-corrected chi connectivity index (χ2v) is 6.81. The van der Waals surface area contributed by atoms with Gasteiger partial charge < -0.3 is 14.5 Å². The third-order valence-corrected chi connectivity index (χ3v) is 5.10. The third kappa shape index (κ3) is 3.07. The van der Waals surface area contributed by atoms with E-state index in [0.717, 1.165) is 25.9 Å². The lowest BCUT2D eigenvalue weighted by atomic mass is 10.0. The monoisotopic (exact) mass is 329 g/mol. The molecule has 0 spiro atoms. The molecule has 0 aromatic carbocycles. The van der Waals surface area contributed by atoms with Crippen LogP contribution in [0.1, 0.15) is 31.2 Å². The molecule has 7 nitrogen and oxygen atoms in total. The van der Waals surface area contributed by atoms with Gasteiger partial charge in [-0.15, -0.1) is 0 Å². The molecule has 7 heteroatoms. The predicted molar refractivity (Wildman–Crippen MR) is 88.1 cm³/mol. The molecule has 2 saturated heterocycles. The molecule has 0 amide bonds. The molecule has 0 saturated carbocycles. The molecule has 2 fully saturated rings. The molecule has 4 heterocycles. The molecule has 2 atom stereocenters. The highest BCUT2D eigenvalue weighted by atomic mass is 16.5. The number of likely N-dealkylation sites (tertiary alicyclic amines) is 2. The maximum Gasteiger partial charge on any atom is 0.244 e. The number of rotatable bonds is 3. The standard InChI is InChI=1S/C17H23N5O2/c1-21-8-5-12(6-9-21)22-11-13(23)10-15(22)17-19-16(20-24-17)14-4-2-3-7-18-14/h2-4,7,12-13,15,23H,5-6,8-11H2,1H3. The van der Waals surface area contributed by atoms with E-state index in [4.69, 9.17) is 4.52 Å². The van der Waals surface area contributed by atoms with Crippen molar-refractivity contribution in [3.8, 4) is 11.5 Å². The largest absolute Gasteiger partial charge is 0.392 e. The lowest BCUT2D eigenvalue weighted by Crippen LogP contribution is -2.43. The zero-order valence-electron chi connectivity index (χ0n) is 13.9. The lowest BCUT2D eigenvalue weighted by molar-refractivity contribution is 0.0881. The second kappa shape index (κ2) is 6.58. The van der Waals surface area contributed by atoms with Crippen LogP contribution in [0.2, 0.25) is 0 Å². The molecule has 2 aliphatic heterocycles. The summed E-state index contributed by atoms with van der Waals surface area (Å²) in [5.74, 6) is 1.10. The minimum Gasteiger partial charge on any atom is -0.392 e. The average Bonchev–Trinajstić information content (AvgIpc) is 3.23. The van der Waals surface area contributed by atoms with Crippen molar-refractivity contribution in [2.45, 2.75) is 37.5 Å². The van der Waals surface area contributed by atoms with Crippen molar-refractivity contribution >= 4 is 0 Å². The number of nitrogens with zero attached hydrogens (tertiary/aromatic N) is 5. The Bertz CT molecular complexity index is 669. The molecular weight excluding hydrogens is 306 g/mol. The summed E-state index contributed by atoms with van der Waals surface area (Å²) in [5.41, 5.74) is 0.705. The number of hydrogen-bond donors (Lipinski definition) is 1. The Morgan fingerprint density at radius 2 is 2.08 bits per heavy atom. The topological polar surface area (TPSA) is 78.5 Å². The first-order chi connectivity index (χ1) is 11.7.